The van der Waals surface area contributed by atoms with Gasteiger partial charge in [0, 0.05) is 24.3 Å². The number of nitrogens with zero attached hydrogens (tertiary/aromatic N) is 2. The highest BCUT2D eigenvalue weighted by atomic mass is 16.2. The maximum atomic E-state index is 12.2. The first-order valence-corrected chi connectivity index (χ1v) is 6.64. The van der Waals surface area contributed by atoms with Gasteiger partial charge in [0.2, 0.25) is 0 Å². The Bertz CT molecular complexity index is 381. The Morgan fingerprint density at radius 3 is 2.00 bits per heavy atom. The number of para-hydroxylation sites is 1. The predicted octanol–water partition coefficient (Wildman–Crippen LogP) is 3.75. The van der Waals surface area contributed by atoms with Crippen LogP contribution in [0.3, 0.4) is 0 Å². The van der Waals surface area contributed by atoms with Gasteiger partial charge < -0.3 is 4.90 Å². The normalized spacial score (nSPS) is 15.5. The van der Waals surface area contributed by atoms with E-state index in [9.17, 15) is 4.79 Å². The minimum atomic E-state index is -0.0966. The zero-order valence-corrected chi connectivity index (χ0v) is 12.1. The largest absolute Gasteiger partial charge is 0.325 e. The molecule has 0 bridgehead atoms. The molecule has 0 saturated carbocycles. The van der Waals surface area contributed by atoms with Gasteiger partial charge in [-0.3, -0.25) is 4.90 Å². The smallest absolute Gasteiger partial charge is 0.318 e. The summed E-state index contributed by atoms with van der Waals surface area (Å²) >= 11 is 0. The second-order valence-corrected chi connectivity index (χ2v) is 5.09. The molecule has 3 heteroatoms. The van der Waals surface area contributed by atoms with E-state index >= 15 is 0 Å². The fraction of sp³-hybridized carbons (Fsp3) is 0.533. The van der Waals surface area contributed by atoms with Crippen molar-refractivity contribution in [2.75, 3.05) is 18.0 Å². The molecule has 0 N–H and O–H groups in total. The highest BCUT2D eigenvalue weighted by Gasteiger charge is 2.36. The van der Waals surface area contributed by atoms with E-state index in [-0.39, 0.29) is 11.6 Å². The summed E-state index contributed by atoms with van der Waals surface area (Å²) in [5.41, 5.74) is 0.889. The summed E-state index contributed by atoms with van der Waals surface area (Å²) in [5, 5.41) is 0. The third kappa shape index (κ3) is 3.03. The minimum absolute atomic E-state index is 0.0966. The van der Waals surface area contributed by atoms with Crippen LogP contribution in [0, 0.1) is 0 Å². The number of benzene rings is 1. The summed E-state index contributed by atoms with van der Waals surface area (Å²) in [6.45, 7) is 11.8. The molecule has 2 rings (SSSR count). The van der Waals surface area contributed by atoms with Gasteiger partial charge in [-0.25, -0.2) is 4.79 Å². The van der Waals surface area contributed by atoms with E-state index in [1.54, 1.807) is 0 Å². The van der Waals surface area contributed by atoms with Gasteiger partial charge in [0.05, 0.1) is 0 Å². The molecule has 2 amide bonds. The standard InChI is InChI=1S/C13H18N2O.C2H6/c1-13(2,3)15-10-9-14(12(15)16)11-7-5-4-6-8-11;1-2/h4-8H,9-10H2,1-3H3;1-2H3. The van der Waals surface area contributed by atoms with Crippen molar-refractivity contribution in [3.63, 3.8) is 0 Å². The first-order chi connectivity index (χ1) is 8.50. The molecular formula is C15H24N2O. The highest BCUT2D eigenvalue weighted by molar-refractivity contribution is 5.94. The molecule has 1 aromatic carbocycles. The Morgan fingerprint density at radius 1 is 1.00 bits per heavy atom. The number of amides is 2. The van der Waals surface area contributed by atoms with Crippen molar-refractivity contribution in [1.29, 1.82) is 0 Å². The highest BCUT2D eigenvalue weighted by Crippen LogP contribution is 2.25. The summed E-state index contributed by atoms with van der Waals surface area (Å²) < 4.78 is 0. The van der Waals surface area contributed by atoms with Crippen LogP contribution in [0.5, 0.6) is 0 Å². The molecule has 1 heterocycles. The van der Waals surface area contributed by atoms with Gasteiger partial charge in [-0.2, -0.15) is 0 Å². The molecule has 0 spiro atoms. The van der Waals surface area contributed by atoms with Crippen LogP contribution in [0.2, 0.25) is 0 Å². The summed E-state index contributed by atoms with van der Waals surface area (Å²) in [6.07, 6.45) is 0. The molecule has 0 radical (unpaired) electrons. The molecule has 0 unspecified atom stereocenters. The first kappa shape index (κ1) is 14.6. The molecule has 1 aliphatic rings. The Balaban J connectivity index is 0.000000771. The SMILES string of the molecule is CC.CC(C)(C)N1CCN(c2ccccc2)C1=O. The van der Waals surface area contributed by atoms with Gasteiger partial charge in [-0.15, -0.1) is 0 Å². The molecular weight excluding hydrogens is 224 g/mol. The monoisotopic (exact) mass is 248 g/mol. The molecule has 1 aliphatic heterocycles. The number of carbonyl (C=O) groups excluding carboxylic acids is 1. The van der Waals surface area contributed by atoms with Gasteiger partial charge in [-0.05, 0) is 32.9 Å². The lowest BCUT2D eigenvalue weighted by Gasteiger charge is -2.31. The van der Waals surface area contributed by atoms with Gasteiger partial charge in [0.15, 0.2) is 0 Å². The van der Waals surface area contributed by atoms with E-state index in [2.05, 4.69) is 20.8 Å². The van der Waals surface area contributed by atoms with Crippen molar-refractivity contribution in [2.45, 2.75) is 40.2 Å². The fourth-order valence-electron chi connectivity index (χ4n) is 2.01. The van der Waals surface area contributed by atoms with Crippen LogP contribution in [-0.4, -0.2) is 29.6 Å². The molecule has 18 heavy (non-hydrogen) atoms. The molecule has 100 valence electrons. The molecule has 0 atom stereocenters. The summed E-state index contributed by atoms with van der Waals surface area (Å²) in [6, 6.07) is 9.95. The van der Waals surface area contributed by atoms with E-state index in [0.29, 0.717) is 0 Å². The Morgan fingerprint density at radius 2 is 1.56 bits per heavy atom. The van der Waals surface area contributed by atoms with Crippen LogP contribution in [0.4, 0.5) is 10.5 Å². The lowest BCUT2D eigenvalue weighted by atomic mass is 10.1. The van der Waals surface area contributed by atoms with Crippen molar-refractivity contribution in [1.82, 2.24) is 4.90 Å². The molecule has 1 aromatic rings. The topological polar surface area (TPSA) is 23.6 Å². The lowest BCUT2D eigenvalue weighted by molar-refractivity contribution is 0.173. The van der Waals surface area contributed by atoms with Crippen molar-refractivity contribution < 1.29 is 4.79 Å². The Hall–Kier alpha value is -1.51. The van der Waals surface area contributed by atoms with Gasteiger partial charge in [0.1, 0.15) is 0 Å². The van der Waals surface area contributed by atoms with E-state index in [1.807, 2.05) is 54.0 Å². The molecule has 1 saturated heterocycles. The van der Waals surface area contributed by atoms with Crippen molar-refractivity contribution >= 4 is 11.7 Å². The first-order valence-electron chi connectivity index (χ1n) is 6.64. The van der Waals surface area contributed by atoms with Crippen LogP contribution in [0.15, 0.2) is 30.3 Å². The average molecular weight is 248 g/mol. The Kier molecular flexibility index (Phi) is 4.76. The number of anilines is 1. The van der Waals surface area contributed by atoms with Crippen LogP contribution < -0.4 is 4.90 Å². The van der Waals surface area contributed by atoms with E-state index in [1.165, 1.54) is 0 Å². The number of rotatable bonds is 1. The minimum Gasteiger partial charge on any atom is -0.318 e. The summed E-state index contributed by atoms with van der Waals surface area (Å²) in [7, 11) is 0. The molecule has 0 aliphatic carbocycles. The quantitative estimate of drug-likeness (QED) is 0.742. The maximum Gasteiger partial charge on any atom is 0.325 e. The lowest BCUT2D eigenvalue weighted by Crippen LogP contribution is -2.44. The zero-order chi connectivity index (χ0) is 13.8. The van der Waals surface area contributed by atoms with Crippen LogP contribution in [-0.2, 0) is 0 Å². The Labute approximate surface area is 110 Å². The van der Waals surface area contributed by atoms with Crippen LogP contribution in [0.1, 0.15) is 34.6 Å². The molecule has 0 aromatic heterocycles. The predicted molar refractivity (Wildman–Crippen MR) is 77.0 cm³/mol. The van der Waals surface area contributed by atoms with Crippen molar-refractivity contribution in [2.24, 2.45) is 0 Å². The number of carbonyl (C=O) groups is 1. The van der Waals surface area contributed by atoms with Crippen molar-refractivity contribution in [3.05, 3.63) is 30.3 Å². The summed E-state index contributed by atoms with van der Waals surface area (Å²) in [5.74, 6) is 0. The number of urea groups is 1. The second kappa shape index (κ2) is 5.89. The van der Waals surface area contributed by atoms with Crippen LogP contribution in [0.25, 0.3) is 0 Å². The van der Waals surface area contributed by atoms with Crippen molar-refractivity contribution in [3.8, 4) is 0 Å². The zero-order valence-electron chi connectivity index (χ0n) is 12.1. The number of hydrogen-bond acceptors (Lipinski definition) is 1. The van der Waals surface area contributed by atoms with E-state index in [0.717, 1.165) is 18.8 Å². The fourth-order valence-corrected chi connectivity index (χ4v) is 2.01. The van der Waals surface area contributed by atoms with Gasteiger partial charge in [-0.1, -0.05) is 32.0 Å². The van der Waals surface area contributed by atoms with Crippen LogP contribution >= 0.6 is 0 Å². The average Bonchev–Trinajstić information content (AvgIpc) is 2.74. The third-order valence-corrected chi connectivity index (χ3v) is 2.89. The third-order valence-electron chi connectivity index (χ3n) is 2.89. The van der Waals surface area contributed by atoms with E-state index < -0.39 is 0 Å². The number of hydrogen-bond donors (Lipinski definition) is 0. The maximum absolute atomic E-state index is 12.2. The van der Waals surface area contributed by atoms with Gasteiger partial charge in [0.25, 0.3) is 0 Å². The second-order valence-electron chi connectivity index (χ2n) is 5.09. The van der Waals surface area contributed by atoms with Gasteiger partial charge >= 0.3 is 6.03 Å². The van der Waals surface area contributed by atoms with E-state index in [4.69, 9.17) is 0 Å². The summed E-state index contributed by atoms with van der Waals surface area (Å²) in [4.78, 5) is 16.0. The molecule has 3 nitrogen and oxygen atoms in total. The molecule has 1 fully saturated rings.